The number of benzene rings is 1. The molecule has 0 amide bonds. The number of rotatable bonds is 2. The van der Waals surface area contributed by atoms with Crippen molar-refractivity contribution >= 4 is 23.1 Å². The van der Waals surface area contributed by atoms with Crippen molar-refractivity contribution in [3.8, 4) is 0 Å². The number of carboxylic acid groups (broad SMARTS) is 1. The first-order valence-corrected chi connectivity index (χ1v) is 4.36. The summed E-state index contributed by atoms with van der Waals surface area (Å²) in [5.41, 5.74) is 0.0328. The molecule has 80 valence electrons. The Bertz CT molecular complexity index is 441. The predicted molar refractivity (Wildman–Crippen MR) is 52.7 cm³/mol. The van der Waals surface area contributed by atoms with E-state index < -0.39 is 17.6 Å². The van der Waals surface area contributed by atoms with Gasteiger partial charge in [0.15, 0.2) is 0 Å². The van der Waals surface area contributed by atoms with Gasteiger partial charge in [0, 0.05) is 5.57 Å². The molecule has 0 aliphatic heterocycles. The zero-order chi connectivity index (χ0) is 11.6. The molecule has 1 aromatic rings. The average molecular weight is 233 g/mol. The Morgan fingerprint density at radius 1 is 1.47 bits per heavy atom. The summed E-state index contributed by atoms with van der Waals surface area (Å²) in [6.07, 6.45) is 0. The summed E-state index contributed by atoms with van der Waals surface area (Å²) in [5, 5.41) is 8.39. The second kappa shape index (κ2) is 4.40. The number of hydrogen-bond donors (Lipinski definition) is 1. The number of halogens is 3. The fourth-order valence-corrected chi connectivity index (χ4v) is 1.38. The van der Waals surface area contributed by atoms with Crippen molar-refractivity contribution in [1.82, 2.24) is 0 Å². The lowest BCUT2D eigenvalue weighted by Gasteiger charge is -2.04. The molecule has 0 saturated carbocycles. The van der Waals surface area contributed by atoms with Gasteiger partial charge in [-0.15, -0.1) is 0 Å². The van der Waals surface area contributed by atoms with Gasteiger partial charge in [0.1, 0.15) is 5.82 Å². The van der Waals surface area contributed by atoms with E-state index in [0.29, 0.717) is 0 Å². The SMILES string of the molecule is C/C(=C(/F)C(=O)O)c1ccc(F)cc1Cl. The molecule has 2 nitrogen and oxygen atoms in total. The van der Waals surface area contributed by atoms with Crippen molar-refractivity contribution in [3.05, 3.63) is 40.4 Å². The number of carbonyl (C=O) groups is 1. The first-order valence-electron chi connectivity index (χ1n) is 3.98. The Labute approximate surface area is 89.8 Å². The molecule has 0 spiro atoms. The van der Waals surface area contributed by atoms with E-state index in [1.54, 1.807) is 0 Å². The third-order valence-electron chi connectivity index (χ3n) is 1.85. The summed E-state index contributed by atoms with van der Waals surface area (Å²) in [6, 6.07) is 3.31. The summed E-state index contributed by atoms with van der Waals surface area (Å²) in [4.78, 5) is 10.3. The maximum absolute atomic E-state index is 13.0. The Balaban J connectivity index is 3.29. The lowest BCUT2D eigenvalue weighted by molar-refractivity contribution is -0.134. The summed E-state index contributed by atoms with van der Waals surface area (Å²) in [5.74, 6) is -3.54. The van der Waals surface area contributed by atoms with Crippen molar-refractivity contribution in [2.24, 2.45) is 0 Å². The van der Waals surface area contributed by atoms with Crippen LogP contribution in [0.15, 0.2) is 24.0 Å². The van der Waals surface area contributed by atoms with Gasteiger partial charge in [-0.25, -0.2) is 9.18 Å². The highest BCUT2D eigenvalue weighted by Crippen LogP contribution is 2.27. The van der Waals surface area contributed by atoms with Crippen LogP contribution in [-0.4, -0.2) is 11.1 Å². The fourth-order valence-electron chi connectivity index (χ4n) is 1.07. The molecular weight excluding hydrogens is 226 g/mol. The molecule has 0 aliphatic carbocycles. The molecule has 1 rings (SSSR count). The van der Waals surface area contributed by atoms with E-state index in [2.05, 4.69) is 0 Å². The normalized spacial score (nSPS) is 12.3. The molecule has 0 saturated heterocycles. The van der Waals surface area contributed by atoms with E-state index in [0.717, 1.165) is 12.1 Å². The highest BCUT2D eigenvalue weighted by Gasteiger charge is 2.14. The van der Waals surface area contributed by atoms with Gasteiger partial charge in [-0.1, -0.05) is 17.7 Å². The summed E-state index contributed by atoms with van der Waals surface area (Å²) in [7, 11) is 0. The van der Waals surface area contributed by atoms with E-state index in [1.165, 1.54) is 13.0 Å². The van der Waals surface area contributed by atoms with Crippen LogP contribution >= 0.6 is 11.6 Å². The van der Waals surface area contributed by atoms with E-state index in [4.69, 9.17) is 16.7 Å². The van der Waals surface area contributed by atoms with Crippen LogP contribution in [0.1, 0.15) is 12.5 Å². The molecule has 0 heterocycles. The van der Waals surface area contributed by atoms with Crippen LogP contribution in [0.5, 0.6) is 0 Å². The Morgan fingerprint density at radius 2 is 2.07 bits per heavy atom. The van der Waals surface area contributed by atoms with Crippen LogP contribution in [0, 0.1) is 5.82 Å². The van der Waals surface area contributed by atoms with Gasteiger partial charge in [0.2, 0.25) is 5.83 Å². The van der Waals surface area contributed by atoms with Crippen LogP contribution in [0.4, 0.5) is 8.78 Å². The van der Waals surface area contributed by atoms with Crippen molar-refractivity contribution in [3.63, 3.8) is 0 Å². The van der Waals surface area contributed by atoms with Crippen LogP contribution in [0.2, 0.25) is 5.02 Å². The minimum absolute atomic E-state index is 0.0242. The van der Waals surface area contributed by atoms with Crippen molar-refractivity contribution in [1.29, 1.82) is 0 Å². The monoisotopic (exact) mass is 232 g/mol. The maximum atomic E-state index is 13.0. The quantitative estimate of drug-likeness (QED) is 0.795. The standard InChI is InChI=1S/C10H7ClF2O2/c1-5(9(13)10(14)15)7-3-2-6(12)4-8(7)11/h2-4H,1H3,(H,14,15)/b9-5-. The topological polar surface area (TPSA) is 37.3 Å². The van der Waals surface area contributed by atoms with Gasteiger partial charge in [0.05, 0.1) is 5.02 Å². The molecule has 1 N–H and O–H groups in total. The number of aliphatic carboxylic acids is 1. The molecule has 0 aliphatic rings. The lowest BCUT2D eigenvalue weighted by Crippen LogP contribution is -1.98. The van der Waals surface area contributed by atoms with Gasteiger partial charge < -0.3 is 5.11 Å². The largest absolute Gasteiger partial charge is 0.476 e. The molecule has 1 aromatic carbocycles. The van der Waals surface area contributed by atoms with Crippen molar-refractivity contribution in [2.75, 3.05) is 0 Å². The minimum atomic E-state index is -1.67. The van der Waals surface area contributed by atoms with Crippen molar-refractivity contribution in [2.45, 2.75) is 6.92 Å². The summed E-state index contributed by atoms with van der Waals surface area (Å²) >= 11 is 5.64. The predicted octanol–water partition coefficient (Wildman–Crippen LogP) is 3.26. The molecule has 0 unspecified atom stereocenters. The highest BCUT2D eigenvalue weighted by molar-refractivity contribution is 6.32. The molecule has 15 heavy (non-hydrogen) atoms. The molecular formula is C10H7ClF2O2. The Morgan fingerprint density at radius 3 is 2.53 bits per heavy atom. The van der Waals surface area contributed by atoms with Crippen LogP contribution in [0.25, 0.3) is 5.57 Å². The summed E-state index contributed by atoms with van der Waals surface area (Å²) < 4.78 is 25.7. The van der Waals surface area contributed by atoms with Gasteiger partial charge in [-0.05, 0) is 24.6 Å². The molecule has 0 fully saturated rings. The zero-order valence-electron chi connectivity index (χ0n) is 7.72. The molecule has 5 heteroatoms. The van der Waals surface area contributed by atoms with Gasteiger partial charge in [0.25, 0.3) is 0 Å². The molecule has 0 aromatic heterocycles. The van der Waals surface area contributed by atoms with Crippen LogP contribution in [-0.2, 0) is 4.79 Å². The Hall–Kier alpha value is -1.42. The van der Waals surface area contributed by atoms with Crippen molar-refractivity contribution < 1.29 is 18.7 Å². The zero-order valence-corrected chi connectivity index (χ0v) is 8.48. The van der Waals surface area contributed by atoms with Gasteiger partial charge in [-0.3, -0.25) is 0 Å². The molecule has 0 atom stereocenters. The first kappa shape index (κ1) is 11.7. The molecule has 0 bridgehead atoms. The van der Waals surface area contributed by atoms with Crippen LogP contribution in [0.3, 0.4) is 0 Å². The third kappa shape index (κ3) is 2.53. The van der Waals surface area contributed by atoms with E-state index in [-0.39, 0.29) is 16.2 Å². The van der Waals surface area contributed by atoms with Gasteiger partial charge >= 0.3 is 5.97 Å². The van der Waals surface area contributed by atoms with E-state index in [9.17, 15) is 13.6 Å². The number of allylic oxidation sites excluding steroid dienone is 1. The maximum Gasteiger partial charge on any atom is 0.365 e. The van der Waals surface area contributed by atoms with E-state index in [1.807, 2.05) is 0 Å². The summed E-state index contributed by atoms with van der Waals surface area (Å²) in [6.45, 7) is 1.27. The minimum Gasteiger partial charge on any atom is -0.476 e. The second-order valence-corrected chi connectivity index (χ2v) is 3.28. The lowest BCUT2D eigenvalue weighted by atomic mass is 10.1. The van der Waals surface area contributed by atoms with Crippen LogP contribution < -0.4 is 0 Å². The fraction of sp³-hybridized carbons (Fsp3) is 0.100. The van der Waals surface area contributed by atoms with E-state index >= 15 is 0 Å². The second-order valence-electron chi connectivity index (χ2n) is 2.87. The average Bonchev–Trinajstić information content (AvgIpc) is 2.15. The van der Waals surface area contributed by atoms with Gasteiger partial charge in [-0.2, -0.15) is 4.39 Å². The number of hydrogen-bond acceptors (Lipinski definition) is 1. The first-order chi connectivity index (χ1) is 6.93. The highest BCUT2D eigenvalue weighted by atomic mass is 35.5. The smallest absolute Gasteiger partial charge is 0.365 e. The molecule has 0 radical (unpaired) electrons. The third-order valence-corrected chi connectivity index (χ3v) is 2.16. The number of carboxylic acids is 1. The Kier molecular flexibility index (Phi) is 3.42.